The monoisotopic (exact) mass is 572 g/mol. The predicted molar refractivity (Wildman–Crippen MR) is 138 cm³/mol. The second kappa shape index (κ2) is 15.2. The number of imidazole rings is 1. The summed E-state index contributed by atoms with van der Waals surface area (Å²) < 4.78 is 2.12. The summed E-state index contributed by atoms with van der Waals surface area (Å²) in [5.74, 6) is 3.41. The Morgan fingerprint density at radius 2 is 1.31 bits per heavy atom. The van der Waals surface area contributed by atoms with Gasteiger partial charge >= 0.3 is 34.5 Å². The van der Waals surface area contributed by atoms with Crippen LogP contribution in [-0.4, -0.2) is 9.55 Å². The summed E-state index contributed by atoms with van der Waals surface area (Å²) in [6.07, 6.45) is 12.6. The van der Waals surface area contributed by atoms with Gasteiger partial charge in [0, 0.05) is 27.4 Å². The number of rotatable bonds is 4. The summed E-state index contributed by atoms with van der Waals surface area (Å²) in [6.45, 7) is 6.54. The first kappa shape index (κ1) is 27.5. The van der Waals surface area contributed by atoms with Crippen molar-refractivity contribution in [3.8, 4) is 0 Å². The molecule has 170 valence electrons. The third kappa shape index (κ3) is 8.91. The van der Waals surface area contributed by atoms with Gasteiger partial charge in [0.1, 0.15) is 5.57 Å². The summed E-state index contributed by atoms with van der Waals surface area (Å²) in [4.78, 5) is 4.56. The number of halogens is 2. The molecule has 0 spiro atoms. The van der Waals surface area contributed by atoms with Crippen LogP contribution in [0.1, 0.15) is 20.8 Å². The molecule has 2 nitrogen and oxygen atoms in total. The van der Waals surface area contributed by atoms with Crippen molar-refractivity contribution < 1.29 is 15.1 Å². The molecule has 0 atom stereocenters. The second-order valence-corrected chi connectivity index (χ2v) is 12.2. The first-order valence-corrected chi connectivity index (χ1v) is 16.1. The van der Waals surface area contributed by atoms with Crippen LogP contribution in [0, 0.1) is 43.4 Å². The standard InChI is InChI=1S/C16H15N2P.C10H14.2ClH.Ru/c1-18-13-12-17-16(18)19(14-8-4-2-5-9-14)15-10-6-3-7-11-15;1-8(2)10-6-4-9(3)5-7-10;;;/h2-13H,1H3;4-8H,1-3H3;2*1H;/q;;;;+2/p-2. The molecule has 3 aromatic rings. The molecule has 1 saturated carbocycles. The normalized spacial score (nSPS) is 14.6. The molecule has 0 bridgehead atoms. The number of benzene rings is 2. The Morgan fingerprint density at radius 3 is 1.69 bits per heavy atom. The molecule has 2 aromatic carbocycles. The van der Waals surface area contributed by atoms with Crippen LogP contribution in [0.4, 0.5) is 0 Å². The van der Waals surface area contributed by atoms with Crippen LogP contribution in [0.15, 0.2) is 73.1 Å². The van der Waals surface area contributed by atoms with Gasteiger partial charge in [-0.2, -0.15) is 0 Å². The first-order valence-electron chi connectivity index (χ1n) is 10.3. The van der Waals surface area contributed by atoms with Crippen LogP contribution in [0.5, 0.6) is 0 Å². The summed E-state index contributed by atoms with van der Waals surface area (Å²) in [6, 6.07) is 21.2. The molecule has 1 fully saturated rings. The van der Waals surface area contributed by atoms with Crippen LogP contribution < -0.4 is 16.2 Å². The van der Waals surface area contributed by atoms with Crippen molar-refractivity contribution in [2.45, 2.75) is 20.8 Å². The van der Waals surface area contributed by atoms with Gasteiger partial charge in [0.15, 0.2) is 0 Å². The molecule has 4 rings (SSSR count). The van der Waals surface area contributed by atoms with E-state index in [4.69, 9.17) is 19.4 Å². The fourth-order valence-electron chi connectivity index (χ4n) is 3.06. The Morgan fingerprint density at radius 1 is 0.844 bits per heavy atom. The molecule has 1 aliphatic rings. The molecule has 0 aliphatic heterocycles. The molecule has 0 amide bonds. The molecule has 1 aliphatic carbocycles. The molecule has 1 heterocycles. The van der Waals surface area contributed by atoms with E-state index in [2.05, 4.69) is 124 Å². The van der Waals surface area contributed by atoms with Gasteiger partial charge in [-0.15, -0.1) is 0 Å². The number of hydrogen-bond acceptors (Lipinski definition) is 1. The maximum atomic E-state index is 4.85. The number of aromatic nitrogens is 2. The molecule has 1 aromatic heterocycles. The number of nitrogens with zero attached hydrogens (tertiary/aromatic N) is 2. The van der Waals surface area contributed by atoms with E-state index in [1.807, 2.05) is 12.4 Å². The Hall–Kier alpha value is -0.717. The average Bonchev–Trinajstić information content (AvgIpc) is 3.22. The van der Waals surface area contributed by atoms with E-state index in [0.717, 1.165) is 5.57 Å². The zero-order valence-corrected chi connectivity index (χ0v) is 22.9. The van der Waals surface area contributed by atoms with Crippen LogP contribution >= 0.6 is 27.3 Å². The molecule has 6 heteroatoms. The summed E-state index contributed by atoms with van der Waals surface area (Å²) >= 11 is -0.346. The van der Waals surface area contributed by atoms with Gasteiger partial charge in [-0.3, -0.25) is 0 Å². The predicted octanol–water partition coefficient (Wildman–Crippen LogP) is 6.20. The Kier molecular flexibility index (Phi) is 13.1. The summed E-state index contributed by atoms with van der Waals surface area (Å²) in [5, 5.41) is 2.66. The van der Waals surface area contributed by atoms with Crippen molar-refractivity contribution >= 4 is 43.5 Å². The minimum absolute atomic E-state index is 0.346. The van der Waals surface area contributed by atoms with E-state index in [0.29, 0.717) is 5.92 Å². The summed E-state index contributed by atoms with van der Waals surface area (Å²) in [7, 11) is 11.2. The number of hydrogen-bond donors (Lipinski definition) is 0. The molecule has 6 radical (unpaired) electrons. The summed E-state index contributed by atoms with van der Waals surface area (Å²) in [5.41, 5.74) is 1.13. The topological polar surface area (TPSA) is 17.8 Å². The zero-order valence-electron chi connectivity index (χ0n) is 18.8. The third-order valence-corrected chi connectivity index (χ3v) is 7.23. The van der Waals surface area contributed by atoms with E-state index in [1.165, 1.54) is 22.4 Å². The van der Waals surface area contributed by atoms with Crippen molar-refractivity contribution in [2.75, 3.05) is 0 Å². The first-order chi connectivity index (χ1) is 15.5. The molecule has 0 saturated heterocycles. The molecule has 0 N–H and O–H groups in total. The van der Waals surface area contributed by atoms with Gasteiger partial charge in [0.2, 0.25) is 0 Å². The van der Waals surface area contributed by atoms with Crippen molar-refractivity contribution in [3.63, 3.8) is 0 Å². The fraction of sp³-hybridized carbons (Fsp3) is 0.192. The van der Waals surface area contributed by atoms with Crippen molar-refractivity contribution in [1.82, 2.24) is 9.55 Å². The average molecular weight is 572 g/mol. The van der Waals surface area contributed by atoms with Crippen LogP contribution in [0.25, 0.3) is 0 Å². The molecular formula is C26H29Cl2N2PRu. The molecule has 0 unspecified atom stereocenters. The number of aryl methyl sites for hydroxylation is 1. The fourth-order valence-corrected chi connectivity index (χ4v) is 5.32. The van der Waals surface area contributed by atoms with E-state index in [9.17, 15) is 0 Å². The van der Waals surface area contributed by atoms with Crippen LogP contribution in [0.2, 0.25) is 0 Å². The van der Waals surface area contributed by atoms with Gasteiger partial charge < -0.3 is 4.57 Å². The minimum atomic E-state index is -0.578. The van der Waals surface area contributed by atoms with E-state index in [1.54, 1.807) is 0 Å². The SMILES string of the molecule is C[C]1[CH][CH][C](C(C)C)[CH][CH]1.Cn1ccnc1P(c1ccccc1)c1ccccc1.[Cl][Ru][Cl]. The Labute approximate surface area is 211 Å². The van der Waals surface area contributed by atoms with Crippen molar-refractivity contribution in [2.24, 2.45) is 13.0 Å². The van der Waals surface area contributed by atoms with E-state index in [-0.39, 0.29) is 15.1 Å². The molecule has 32 heavy (non-hydrogen) atoms. The van der Waals surface area contributed by atoms with Gasteiger partial charge in [-0.1, -0.05) is 81.4 Å². The van der Waals surface area contributed by atoms with Crippen molar-refractivity contribution in [1.29, 1.82) is 0 Å². The van der Waals surface area contributed by atoms with Gasteiger partial charge in [-0.25, -0.2) is 4.98 Å². The van der Waals surface area contributed by atoms with Gasteiger partial charge in [0.05, 0.1) is 0 Å². The van der Waals surface area contributed by atoms with E-state index >= 15 is 0 Å². The van der Waals surface area contributed by atoms with E-state index < -0.39 is 7.92 Å². The van der Waals surface area contributed by atoms with Crippen molar-refractivity contribution in [3.05, 3.63) is 111 Å². The Bertz CT molecular complexity index is 826. The Balaban J connectivity index is 0.000000235. The third-order valence-electron chi connectivity index (χ3n) is 4.77. The second-order valence-electron chi connectivity index (χ2n) is 7.46. The molecular weight excluding hydrogens is 543 g/mol. The van der Waals surface area contributed by atoms with Crippen LogP contribution in [0.3, 0.4) is 0 Å². The van der Waals surface area contributed by atoms with Crippen LogP contribution in [-0.2, 0) is 22.2 Å². The van der Waals surface area contributed by atoms with Gasteiger partial charge in [-0.05, 0) is 54.0 Å². The van der Waals surface area contributed by atoms with Gasteiger partial charge in [0.25, 0.3) is 0 Å². The zero-order chi connectivity index (χ0) is 23.3. The maximum absolute atomic E-state index is 4.85. The quantitative estimate of drug-likeness (QED) is 0.269.